The predicted octanol–water partition coefficient (Wildman–Crippen LogP) is 2.86. The Kier molecular flexibility index (Phi) is 4.55. The number of fused-ring (bicyclic) bond motifs is 1. The summed E-state index contributed by atoms with van der Waals surface area (Å²) in [6, 6.07) is 3.87. The largest absolute Gasteiger partial charge is 0.384 e. The molecule has 0 saturated heterocycles. The van der Waals surface area contributed by atoms with Crippen molar-refractivity contribution < 1.29 is 9.90 Å². The summed E-state index contributed by atoms with van der Waals surface area (Å²) < 4.78 is 0. The Morgan fingerprint density at radius 2 is 1.93 bits per heavy atom. The van der Waals surface area contributed by atoms with Crippen molar-refractivity contribution in [1.82, 2.24) is 15.0 Å². The third kappa shape index (κ3) is 3.51. The lowest BCUT2D eigenvalue weighted by Crippen LogP contribution is -2.48. The first-order valence-corrected chi connectivity index (χ1v) is 9.56. The number of aromatic nitrogens is 3. The van der Waals surface area contributed by atoms with Gasteiger partial charge in [-0.2, -0.15) is 0 Å². The van der Waals surface area contributed by atoms with Crippen molar-refractivity contribution in [1.29, 1.82) is 0 Å². The van der Waals surface area contributed by atoms with Crippen LogP contribution in [-0.4, -0.2) is 38.6 Å². The zero-order chi connectivity index (χ0) is 19.0. The lowest BCUT2D eigenvalue weighted by Gasteiger charge is -2.37. The second kappa shape index (κ2) is 6.88. The van der Waals surface area contributed by atoms with Crippen molar-refractivity contribution in [3.63, 3.8) is 0 Å². The Hall–Kier alpha value is -2.54. The van der Waals surface area contributed by atoms with Gasteiger partial charge in [-0.15, -0.1) is 0 Å². The van der Waals surface area contributed by atoms with Gasteiger partial charge < -0.3 is 10.4 Å². The molecule has 3 heterocycles. The second-order valence-corrected chi connectivity index (χ2v) is 7.83. The number of anilines is 2. The van der Waals surface area contributed by atoms with Gasteiger partial charge >= 0.3 is 0 Å². The molecular formula is C20H25N5O2. The molecule has 2 aromatic rings. The van der Waals surface area contributed by atoms with Gasteiger partial charge in [-0.3, -0.25) is 14.7 Å². The molecule has 0 bridgehead atoms. The summed E-state index contributed by atoms with van der Waals surface area (Å²) in [6.07, 6.45) is 8.93. The van der Waals surface area contributed by atoms with Crippen LogP contribution in [0.5, 0.6) is 0 Å². The second-order valence-electron chi connectivity index (χ2n) is 7.83. The first-order valence-electron chi connectivity index (χ1n) is 9.56. The number of nitrogens with zero attached hydrogens (tertiary/aromatic N) is 4. The van der Waals surface area contributed by atoms with Crippen LogP contribution in [0.1, 0.15) is 51.6 Å². The number of pyridine rings is 1. The molecule has 27 heavy (non-hydrogen) atoms. The molecule has 2 aliphatic rings. The van der Waals surface area contributed by atoms with Crippen molar-refractivity contribution in [2.24, 2.45) is 0 Å². The van der Waals surface area contributed by atoms with Crippen molar-refractivity contribution in [3.8, 4) is 11.3 Å². The molecular weight excluding hydrogens is 342 g/mol. The van der Waals surface area contributed by atoms with E-state index in [1.54, 1.807) is 32.3 Å². The number of aliphatic hydroxyl groups is 1. The van der Waals surface area contributed by atoms with E-state index >= 15 is 0 Å². The first-order chi connectivity index (χ1) is 12.9. The summed E-state index contributed by atoms with van der Waals surface area (Å²) in [4.78, 5) is 28.1. The fourth-order valence-electron chi connectivity index (χ4n) is 3.80. The van der Waals surface area contributed by atoms with Gasteiger partial charge in [0.25, 0.3) is 0 Å². The molecule has 2 N–H and O–H groups in total. The van der Waals surface area contributed by atoms with E-state index in [4.69, 9.17) is 4.98 Å². The summed E-state index contributed by atoms with van der Waals surface area (Å²) in [6.45, 7) is 3.67. The molecule has 0 unspecified atom stereocenters. The van der Waals surface area contributed by atoms with Gasteiger partial charge in [-0.05, 0) is 38.8 Å². The number of carbonyl (C=O) groups is 1. The molecule has 2 aromatic heterocycles. The summed E-state index contributed by atoms with van der Waals surface area (Å²) in [5, 5.41) is 13.1. The van der Waals surface area contributed by atoms with Crippen LogP contribution in [0.2, 0.25) is 0 Å². The number of rotatable bonds is 3. The maximum atomic E-state index is 12.6. The Balaban J connectivity index is 1.69. The SMILES string of the molecule is CC(C)(O)c1ccc(-c2cnc3c(n2)N(C2CCCCC2)C(=O)CN3)cn1. The highest BCUT2D eigenvalue weighted by atomic mass is 16.3. The molecule has 1 aliphatic carbocycles. The molecule has 1 aliphatic heterocycles. The van der Waals surface area contributed by atoms with Gasteiger partial charge in [0.15, 0.2) is 11.6 Å². The summed E-state index contributed by atoms with van der Waals surface area (Å²) in [5.74, 6) is 1.32. The molecule has 4 rings (SSSR count). The van der Waals surface area contributed by atoms with Gasteiger partial charge in [0.1, 0.15) is 5.60 Å². The van der Waals surface area contributed by atoms with E-state index in [1.165, 1.54) is 6.42 Å². The van der Waals surface area contributed by atoms with Crippen LogP contribution in [0.4, 0.5) is 11.6 Å². The molecule has 0 atom stereocenters. The first kappa shape index (κ1) is 17.9. The molecule has 0 radical (unpaired) electrons. The van der Waals surface area contributed by atoms with Crippen molar-refractivity contribution in [3.05, 3.63) is 30.2 Å². The van der Waals surface area contributed by atoms with Gasteiger partial charge in [0.2, 0.25) is 5.91 Å². The zero-order valence-electron chi connectivity index (χ0n) is 15.8. The van der Waals surface area contributed by atoms with Crippen LogP contribution >= 0.6 is 0 Å². The summed E-state index contributed by atoms with van der Waals surface area (Å²) in [5.41, 5.74) is 1.08. The molecule has 1 saturated carbocycles. The topological polar surface area (TPSA) is 91.2 Å². The Labute approximate surface area is 158 Å². The molecule has 7 heteroatoms. The van der Waals surface area contributed by atoms with E-state index in [0.717, 1.165) is 31.2 Å². The normalized spacial score (nSPS) is 18.2. The van der Waals surface area contributed by atoms with Crippen LogP contribution in [0.25, 0.3) is 11.3 Å². The minimum atomic E-state index is -0.992. The van der Waals surface area contributed by atoms with E-state index in [9.17, 15) is 9.90 Å². The number of amides is 1. The average molecular weight is 367 g/mol. The lowest BCUT2D eigenvalue weighted by atomic mass is 9.93. The van der Waals surface area contributed by atoms with Gasteiger partial charge in [-0.25, -0.2) is 9.97 Å². The van der Waals surface area contributed by atoms with E-state index in [1.807, 2.05) is 11.0 Å². The van der Waals surface area contributed by atoms with Crippen LogP contribution in [0.3, 0.4) is 0 Å². The minimum Gasteiger partial charge on any atom is -0.384 e. The highest BCUT2D eigenvalue weighted by Crippen LogP contribution is 2.34. The number of hydrogen-bond acceptors (Lipinski definition) is 6. The molecule has 0 aromatic carbocycles. The van der Waals surface area contributed by atoms with Crippen molar-refractivity contribution in [2.45, 2.75) is 57.6 Å². The number of carbonyl (C=O) groups excluding carboxylic acids is 1. The predicted molar refractivity (Wildman–Crippen MR) is 103 cm³/mol. The fraction of sp³-hybridized carbons (Fsp3) is 0.500. The summed E-state index contributed by atoms with van der Waals surface area (Å²) >= 11 is 0. The van der Waals surface area contributed by atoms with Crippen LogP contribution in [-0.2, 0) is 10.4 Å². The zero-order valence-corrected chi connectivity index (χ0v) is 15.8. The lowest BCUT2D eigenvalue weighted by molar-refractivity contribution is -0.117. The van der Waals surface area contributed by atoms with E-state index in [2.05, 4.69) is 15.3 Å². The monoisotopic (exact) mass is 367 g/mol. The molecule has 7 nitrogen and oxygen atoms in total. The van der Waals surface area contributed by atoms with Gasteiger partial charge in [0, 0.05) is 17.8 Å². The van der Waals surface area contributed by atoms with Crippen LogP contribution in [0.15, 0.2) is 24.5 Å². The van der Waals surface area contributed by atoms with Gasteiger partial charge in [-0.1, -0.05) is 19.3 Å². The average Bonchev–Trinajstić information content (AvgIpc) is 2.67. The van der Waals surface area contributed by atoms with Crippen molar-refractivity contribution >= 4 is 17.5 Å². The Morgan fingerprint density at radius 3 is 2.59 bits per heavy atom. The highest BCUT2D eigenvalue weighted by Gasteiger charge is 2.33. The molecule has 1 fully saturated rings. The fourth-order valence-corrected chi connectivity index (χ4v) is 3.80. The quantitative estimate of drug-likeness (QED) is 0.867. The standard InChI is InChI=1S/C20H25N5O2/c1-20(2,27)16-9-8-13(10-21-16)15-11-22-18-19(24-15)25(17(26)12-23-18)14-6-4-3-5-7-14/h8-11,14,27H,3-7,12H2,1-2H3,(H,22,23). The maximum Gasteiger partial charge on any atom is 0.247 e. The summed E-state index contributed by atoms with van der Waals surface area (Å²) in [7, 11) is 0. The van der Waals surface area contributed by atoms with Crippen molar-refractivity contribution in [2.75, 3.05) is 16.8 Å². The van der Waals surface area contributed by atoms with E-state index in [-0.39, 0.29) is 18.5 Å². The van der Waals surface area contributed by atoms with E-state index in [0.29, 0.717) is 23.0 Å². The van der Waals surface area contributed by atoms with Gasteiger partial charge in [0.05, 0.1) is 24.1 Å². The molecule has 0 spiro atoms. The van der Waals surface area contributed by atoms with Crippen LogP contribution < -0.4 is 10.2 Å². The Morgan fingerprint density at radius 1 is 1.15 bits per heavy atom. The van der Waals surface area contributed by atoms with E-state index < -0.39 is 5.60 Å². The van der Waals surface area contributed by atoms with Crippen LogP contribution in [0, 0.1) is 0 Å². The highest BCUT2D eigenvalue weighted by molar-refractivity contribution is 6.01. The third-order valence-electron chi connectivity index (χ3n) is 5.28. The third-order valence-corrected chi connectivity index (χ3v) is 5.28. The molecule has 142 valence electrons. The minimum absolute atomic E-state index is 0.0522. The smallest absolute Gasteiger partial charge is 0.247 e. The maximum absolute atomic E-state index is 12.6. The number of nitrogens with one attached hydrogen (secondary N) is 1. The molecule has 1 amide bonds. The Bertz CT molecular complexity index is 838. The number of hydrogen-bond donors (Lipinski definition) is 2.